The number of thioether (sulfide) groups is 1. The Balaban J connectivity index is 2.08. The van der Waals surface area contributed by atoms with Gasteiger partial charge in [-0.05, 0) is 36.9 Å². The highest BCUT2D eigenvalue weighted by Gasteiger charge is 2.63. The largest absolute Gasteiger partial charge is 0.472 e. The first kappa shape index (κ1) is 17.5. The van der Waals surface area contributed by atoms with Gasteiger partial charge in [-0.3, -0.25) is 10.1 Å². The van der Waals surface area contributed by atoms with Crippen molar-refractivity contribution in [2.24, 2.45) is 0 Å². The minimum atomic E-state index is -4.02. The van der Waals surface area contributed by atoms with Gasteiger partial charge < -0.3 is 4.42 Å². The first-order valence-electron chi connectivity index (χ1n) is 7.18. The Hall–Kier alpha value is -2.35. The molecule has 0 aliphatic carbocycles. The standard InChI is InChI=1S/C15H13N3O5S2/c1-10-2-4-12(5-3-10)25(21,22)17-13(11-6-7-23-8-11)14(18(19)20)15(17)24-9-16/h2-8,13-15H,1H3/t13-,14-,15+/m1/s1. The second kappa shape index (κ2) is 6.51. The van der Waals surface area contributed by atoms with Crippen molar-refractivity contribution in [1.82, 2.24) is 4.31 Å². The molecule has 3 rings (SSSR count). The Kier molecular flexibility index (Phi) is 4.55. The fraction of sp³-hybridized carbons (Fsp3) is 0.267. The lowest BCUT2D eigenvalue weighted by molar-refractivity contribution is -0.550. The summed E-state index contributed by atoms with van der Waals surface area (Å²) in [6, 6.07) is 5.43. The van der Waals surface area contributed by atoms with Crippen LogP contribution in [0.2, 0.25) is 0 Å². The van der Waals surface area contributed by atoms with Crippen LogP contribution in [0.25, 0.3) is 0 Å². The summed E-state index contributed by atoms with van der Waals surface area (Å²) in [5.74, 6) is 0. The molecule has 2 aromatic rings. The van der Waals surface area contributed by atoms with Gasteiger partial charge in [0, 0.05) is 10.5 Å². The first-order chi connectivity index (χ1) is 11.9. The third-order valence-electron chi connectivity index (χ3n) is 4.04. The molecule has 0 amide bonds. The summed E-state index contributed by atoms with van der Waals surface area (Å²) in [5.41, 5.74) is 1.27. The van der Waals surface area contributed by atoms with Crippen LogP contribution in [0, 0.1) is 27.7 Å². The summed E-state index contributed by atoms with van der Waals surface area (Å²) in [6.07, 6.45) is 2.61. The summed E-state index contributed by atoms with van der Waals surface area (Å²) in [5, 5.41) is 21.1. The maximum atomic E-state index is 13.0. The van der Waals surface area contributed by atoms with Crippen LogP contribution in [-0.4, -0.2) is 29.1 Å². The van der Waals surface area contributed by atoms with E-state index in [1.54, 1.807) is 17.5 Å². The number of nitrogens with zero attached hydrogens (tertiary/aromatic N) is 3. The average molecular weight is 379 g/mol. The summed E-state index contributed by atoms with van der Waals surface area (Å²) in [7, 11) is -4.02. The summed E-state index contributed by atoms with van der Waals surface area (Å²) in [4.78, 5) is 10.9. The van der Waals surface area contributed by atoms with E-state index in [1.165, 1.54) is 30.7 Å². The molecule has 1 aromatic carbocycles. The molecule has 0 bridgehead atoms. The second-order valence-corrected chi connectivity index (χ2v) is 8.27. The number of nitro groups is 1. The van der Waals surface area contributed by atoms with E-state index >= 15 is 0 Å². The van der Waals surface area contributed by atoms with Crippen molar-refractivity contribution < 1.29 is 17.8 Å². The smallest absolute Gasteiger partial charge is 0.260 e. The number of hydrogen-bond donors (Lipinski definition) is 0. The Labute approximate surface area is 148 Å². The topological polar surface area (TPSA) is 117 Å². The second-order valence-electron chi connectivity index (χ2n) is 5.53. The van der Waals surface area contributed by atoms with Gasteiger partial charge in [0.1, 0.15) is 11.4 Å². The highest BCUT2D eigenvalue weighted by atomic mass is 32.2. The minimum Gasteiger partial charge on any atom is -0.472 e. The quantitative estimate of drug-likeness (QED) is 0.445. The van der Waals surface area contributed by atoms with Crippen molar-refractivity contribution in [3.05, 3.63) is 64.1 Å². The first-order valence-corrected chi connectivity index (χ1v) is 9.50. The van der Waals surface area contributed by atoms with E-state index in [0.29, 0.717) is 17.3 Å². The number of thiocyanates is 1. The normalized spacial score (nSPS) is 23.6. The van der Waals surface area contributed by atoms with Crippen molar-refractivity contribution >= 4 is 21.8 Å². The van der Waals surface area contributed by atoms with E-state index < -0.39 is 32.4 Å². The molecule has 0 saturated carbocycles. The zero-order valence-corrected chi connectivity index (χ0v) is 14.6. The number of aryl methyl sites for hydroxylation is 1. The predicted octanol–water partition coefficient (Wildman–Crippen LogP) is 2.52. The fourth-order valence-electron chi connectivity index (χ4n) is 2.81. The predicted molar refractivity (Wildman–Crippen MR) is 89.4 cm³/mol. The van der Waals surface area contributed by atoms with Gasteiger partial charge in [0.25, 0.3) is 6.04 Å². The van der Waals surface area contributed by atoms with E-state index in [9.17, 15) is 18.5 Å². The molecule has 1 saturated heterocycles. The molecule has 25 heavy (non-hydrogen) atoms. The third kappa shape index (κ3) is 2.90. The summed E-state index contributed by atoms with van der Waals surface area (Å²) >= 11 is 0.568. The molecule has 3 atom stereocenters. The zero-order chi connectivity index (χ0) is 18.2. The Morgan fingerprint density at radius 2 is 2.00 bits per heavy atom. The van der Waals surface area contributed by atoms with Gasteiger partial charge in [-0.1, -0.05) is 17.7 Å². The number of benzene rings is 1. The monoisotopic (exact) mass is 379 g/mol. The molecule has 1 aliphatic rings. The molecule has 0 unspecified atom stereocenters. The lowest BCUT2D eigenvalue weighted by atomic mass is 9.94. The lowest BCUT2D eigenvalue weighted by Gasteiger charge is -2.46. The third-order valence-corrected chi connectivity index (χ3v) is 6.90. The van der Waals surface area contributed by atoms with E-state index in [1.807, 2.05) is 6.92 Å². The van der Waals surface area contributed by atoms with Gasteiger partial charge >= 0.3 is 0 Å². The highest BCUT2D eigenvalue weighted by Crippen LogP contribution is 2.48. The van der Waals surface area contributed by atoms with Crippen molar-refractivity contribution in [3.63, 3.8) is 0 Å². The van der Waals surface area contributed by atoms with Crippen LogP contribution < -0.4 is 0 Å². The number of hydrogen-bond acceptors (Lipinski definition) is 7. The van der Waals surface area contributed by atoms with Crippen LogP contribution in [-0.2, 0) is 10.0 Å². The molecule has 1 aliphatic heterocycles. The molecule has 10 heteroatoms. The lowest BCUT2D eigenvalue weighted by Crippen LogP contribution is -2.64. The molecule has 0 N–H and O–H groups in total. The van der Waals surface area contributed by atoms with Gasteiger partial charge in [-0.15, -0.1) is 0 Å². The average Bonchev–Trinajstić information content (AvgIpc) is 3.04. The van der Waals surface area contributed by atoms with E-state index in [0.717, 1.165) is 9.87 Å². The van der Waals surface area contributed by atoms with Crippen LogP contribution in [0.15, 0.2) is 52.2 Å². The number of nitriles is 1. The van der Waals surface area contributed by atoms with E-state index in [4.69, 9.17) is 9.68 Å². The Morgan fingerprint density at radius 3 is 2.52 bits per heavy atom. The molecule has 0 spiro atoms. The van der Waals surface area contributed by atoms with Gasteiger partial charge in [0.05, 0.1) is 17.4 Å². The van der Waals surface area contributed by atoms with Gasteiger partial charge in [0.2, 0.25) is 10.0 Å². The fourth-order valence-corrected chi connectivity index (χ4v) is 5.68. The minimum absolute atomic E-state index is 0.0249. The van der Waals surface area contributed by atoms with Gasteiger partial charge in [0.15, 0.2) is 5.37 Å². The molecule has 130 valence electrons. The molecule has 0 radical (unpaired) electrons. The number of rotatable bonds is 5. The number of sulfonamides is 1. The van der Waals surface area contributed by atoms with Crippen molar-refractivity contribution in [3.8, 4) is 5.40 Å². The molecule has 8 nitrogen and oxygen atoms in total. The van der Waals surface area contributed by atoms with E-state index in [-0.39, 0.29) is 4.90 Å². The van der Waals surface area contributed by atoms with E-state index in [2.05, 4.69) is 0 Å². The Morgan fingerprint density at radius 1 is 1.32 bits per heavy atom. The van der Waals surface area contributed by atoms with Crippen LogP contribution in [0.4, 0.5) is 0 Å². The van der Waals surface area contributed by atoms with Crippen LogP contribution >= 0.6 is 11.8 Å². The SMILES string of the molecule is Cc1ccc(S(=O)(=O)N2[C@H](c3ccoc3)[C@@H]([N+](=O)[O-])[C@@H]2SC#N)cc1. The molecular weight excluding hydrogens is 366 g/mol. The van der Waals surface area contributed by atoms with Crippen LogP contribution in [0.5, 0.6) is 0 Å². The number of furan rings is 1. The van der Waals surface area contributed by atoms with Crippen LogP contribution in [0.1, 0.15) is 17.2 Å². The van der Waals surface area contributed by atoms with Crippen molar-refractivity contribution in [2.45, 2.75) is 29.3 Å². The maximum Gasteiger partial charge on any atom is 0.260 e. The molecular formula is C15H13N3O5S2. The van der Waals surface area contributed by atoms with Gasteiger partial charge in [-0.25, -0.2) is 8.42 Å². The van der Waals surface area contributed by atoms with Crippen molar-refractivity contribution in [1.29, 1.82) is 5.26 Å². The van der Waals surface area contributed by atoms with Crippen molar-refractivity contribution in [2.75, 3.05) is 0 Å². The molecule has 2 heterocycles. The highest BCUT2D eigenvalue weighted by molar-refractivity contribution is 8.05. The van der Waals surface area contributed by atoms with Gasteiger partial charge in [-0.2, -0.15) is 9.57 Å². The summed E-state index contributed by atoms with van der Waals surface area (Å²) < 4.78 is 32.0. The zero-order valence-electron chi connectivity index (χ0n) is 13.0. The Bertz CT molecular complexity index is 919. The van der Waals surface area contributed by atoms with Crippen LogP contribution in [0.3, 0.4) is 0 Å². The molecule has 1 fully saturated rings. The maximum absolute atomic E-state index is 13.0. The summed E-state index contributed by atoms with van der Waals surface area (Å²) in [6.45, 7) is 1.82. The molecule has 1 aromatic heterocycles.